The summed E-state index contributed by atoms with van der Waals surface area (Å²) in [6, 6.07) is 4.90. The Morgan fingerprint density at radius 2 is 2.06 bits per heavy atom. The van der Waals surface area contributed by atoms with E-state index in [9.17, 15) is 4.79 Å². The Balaban J connectivity index is 2.38. The second kappa shape index (κ2) is 4.75. The molecule has 2 heterocycles. The fourth-order valence-electron chi connectivity index (χ4n) is 1.16. The normalized spacial score (nSPS) is 9.94. The van der Waals surface area contributed by atoms with Crippen molar-refractivity contribution in [3.63, 3.8) is 0 Å². The summed E-state index contributed by atoms with van der Waals surface area (Å²) in [5.41, 5.74) is 0.159. The van der Waals surface area contributed by atoms with E-state index in [1.807, 2.05) is 6.07 Å². The van der Waals surface area contributed by atoms with E-state index in [0.717, 1.165) is 11.5 Å². The molecule has 2 N–H and O–H groups in total. The van der Waals surface area contributed by atoms with E-state index < -0.39 is 5.56 Å². The number of hydrogen-bond donors (Lipinski definition) is 2. The molecule has 0 aromatic carbocycles. The fraction of sp³-hybridized carbons (Fsp3) is 0. The van der Waals surface area contributed by atoms with Crippen LogP contribution in [0.1, 0.15) is 5.56 Å². The van der Waals surface area contributed by atoms with Crippen LogP contribution < -0.4 is 10.9 Å². The molecular weight excluding hydrogens is 283 g/mol. The van der Waals surface area contributed by atoms with Gasteiger partial charge in [-0.05, 0) is 23.7 Å². The maximum Gasteiger partial charge on any atom is 0.278 e. The van der Waals surface area contributed by atoms with Crippen LogP contribution >= 0.6 is 34.7 Å². The lowest BCUT2D eigenvalue weighted by molar-refractivity contribution is 1.32. The van der Waals surface area contributed by atoms with Gasteiger partial charge in [-0.2, -0.15) is 5.26 Å². The Labute approximate surface area is 110 Å². The summed E-state index contributed by atoms with van der Waals surface area (Å²) in [4.78, 5) is 15.0. The van der Waals surface area contributed by atoms with Crippen molar-refractivity contribution in [3.05, 3.63) is 38.4 Å². The molecule has 17 heavy (non-hydrogen) atoms. The van der Waals surface area contributed by atoms with E-state index >= 15 is 0 Å². The Kier molecular flexibility index (Phi) is 3.33. The molecule has 0 spiro atoms. The molecule has 0 amide bonds. The molecule has 5 nitrogen and oxygen atoms in total. The maximum absolute atomic E-state index is 11.2. The highest BCUT2D eigenvalue weighted by Crippen LogP contribution is 2.25. The van der Waals surface area contributed by atoms with Crippen LogP contribution in [0.3, 0.4) is 0 Å². The summed E-state index contributed by atoms with van der Waals surface area (Å²) in [5, 5.41) is 12.5. The van der Waals surface area contributed by atoms with Gasteiger partial charge in [0.2, 0.25) is 0 Å². The molecule has 2 rings (SSSR count). The Hall–Kier alpha value is -1.55. The number of aromatic nitrogens is 2. The van der Waals surface area contributed by atoms with Crippen molar-refractivity contribution in [3.8, 4) is 6.07 Å². The predicted molar refractivity (Wildman–Crippen MR) is 67.2 cm³/mol. The van der Waals surface area contributed by atoms with Gasteiger partial charge in [0, 0.05) is 5.69 Å². The van der Waals surface area contributed by atoms with E-state index in [-0.39, 0.29) is 15.9 Å². The van der Waals surface area contributed by atoms with Crippen molar-refractivity contribution in [1.82, 2.24) is 9.36 Å². The van der Waals surface area contributed by atoms with Crippen LogP contribution in [0.15, 0.2) is 16.9 Å². The zero-order chi connectivity index (χ0) is 12.4. The largest absolute Gasteiger partial charge is 0.345 e. The van der Waals surface area contributed by atoms with E-state index in [1.165, 1.54) is 0 Å². The lowest BCUT2D eigenvalue weighted by Gasteiger charge is -2.03. The molecule has 0 saturated heterocycles. The zero-order valence-electron chi connectivity index (χ0n) is 8.12. The summed E-state index contributed by atoms with van der Waals surface area (Å²) in [6.45, 7) is 0. The third-order valence-electron chi connectivity index (χ3n) is 1.83. The summed E-state index contributed by atoms with van der Waals surface area (Å²) in [5.74, 6) is 0. The second-order valence-electron chi connectivity index (χ2n) is 2.98. The average molecular weight is 287 g/mol. The standard InChI is InChI=1S/C9H4Cl2N4OS/c10-6-1-4(2-7(11)14-6)13-9-5(3-12)8(16)15-17-9/h1-2H,(H,13,14)(H,15,16). The molecule has 0 saturated carbocycles. The molecule has 2 aromatic rings. The molecule has 0 aliphatic carbocycles. The molecule has 86 valence electrons. The SMILES string of the molecule is N#Cc1c(Nc2cc(Cl)nc(Cl)c2)s[nH]c1=O. The van der Waals surface area contributed by atoms with Gasteiger partial charge in [-0.3, -0.25) is 9.17 Å². The van der Waals surface area contributed by atoms with Gasteiger partial charge in [-0.15, -0.1) is 0 Å². The Bertz CT molecular complexity index is 637. The molecule has 0 aliphatic rings. The van der Waals surface area contributed by atoms with Crippen LogP contribution in [0, 0.1) is 11.3 Å². The minimum absolute atomic E-state index is 0.0269. The van der Waals surface area contributed by atoms with Crippen LogP contribution in [-0.2, 0) is 0 Å². The van der Waals surface area contributed by atoms with Crippen molar-refractivity contribution in [1.29, 1.82) is 5.26 Å². The maximum atomic E-state index is 11.2. The first-order valence-electron chi connectivity index (χ1n) is 4.32. The number of anilines is 2. The first kappa shape index (κ1) is 11.9. The van der Waals surface area contributed by atoms with Gasteiger partial charge in [0.15, 0.2) is 5.56 Å². The summed E-state index contributed by atoms with van der Waals surface area (Å²) >= 11 is 12.5. The highest BCUT2D eigenvalue weighted by Gasteiger charge is 2.10. The highest BCUT2D eigenvalue weighted by atomic mass is 35.5. The average Bonchev–Trinajstić information content (AvgIpc) is 2.57. The number of H-pyrrole nitrogens is 1. The van der Waals surface area contributed by atoms with E-state index in [1.54, 1.807) is 12.1 Å². The van der Waals surface area contributed by atoms with Gasteiger partial charge in [-0.1, -0.05) is 23.2 Å². The number of pyridine rings is 1. The van der Waals surface area contributed by atoms with Crippen LogP contribution in [0.25, 0.3) is 0 Å². The molecule has 0 atom stereocenters. The number of rotatable bonds is 2. The molecule has 0 radical (unpaired) electrons. The molecule has 0 aliphatic heterocycles. The highest BCUT2D eigenvalue weighted by molar-refractivity contribution is 7.10. The first-order chi connectivity index (χ1) is 8.10. The monoisotopic (exact) mass is 286 g/mol. The second-order valence-corrected chi connectivity index (χ2v) is 4.57. The lowest BCUT2D eigenvalue weighted by Crippen LogP contribution is -2.02. The van der Waals surface area contributed by atoms with Crippen molar-refractivity contribution in [2.24, 2.45) is 0 Å². The fourth-order valence-corrected chi connectivity index (χ4v) is 2.33. The Morgan fingerprint density at radius 1 is 1.41 bits per heavy atom. The van der Waals surface area contributed by atoms with E-state index in [0.29, 0.717) is 10.7 Å². The zero-order valence-corrected chi connectivity index (χ0v) is 10.4. The van der Waals surface area contributed by atoms with Gasteiger partial charge in [-0.25, -0.2) is 4.98 Å². The number of halogens is 2. The molecule has 0 bridgehead atoms. The molecular formula is C9H4Cl2N4OS. The van der Waals surface area contributed by atoms with Crippen LogP contribution in [-0.4, -0.2) is 9.36 Å². The summed E-state index contributed by atoms with van der Waals surface area (Å²) in [7, 11) is 0. The molecule has 8 heteroatoms. The van der Waals surface area contributed by atoms with Gasteiger partial charge < -0.3 is 5.32 Å². The third-order valence-corrected chi connectivity index (χ3v) is 3.02. The minimum Gasteiger partial charge on any atom is -0.345 e. The Morgan fingerprint density at radius 3 is 2.65 bits per heavy atom. The van der Waals surface area contributed by atoms with Crippen molar-refractivity contribution < 1.29 is 0 Å². The smallest absolute Gasteiger partial charge is 0.278 e. The van der Waals surface area contributed by atoms with E-state index in [2.05, 4.69) is 14.7 Å². The van der Waals surface area contributed by atoms with Crippen LogP contribution in [0.5, 0.6) is 0 Å². The van der Waals surface area contributed by atoms with Crippen molar-refractivity contribution in [2.45, 2.75) is 0 Å². The number of nitrogens with one attached hydrogen (secondary N) is 2. The van der Waals surface area contributed by atoms with E-state index in [4.69, 9.17) is 28.5 Å². The summed E-state index contributed by atoms with van der Waals surface area (Å²) in [6.07, 6.45) is 0. The quantitative estimate of drug-likeness (QED) is 0.832. The van der Waals surface area contributed by atoms with Crippen molar-refractivity contribution in [2.75, 3.05) is 5.32 Å². The van der Waals surface area contributed by atoms with Crippen molar-refractivity contribution >= 4 is 45.4 Å². The molecule has 0 unspecified atom stereocenters. The van der Waals surface area contributed by atoms with Gasteiger partial charge >= 0.3 is 0 Å². The van der Waals surface area contributed by atoms with Gasteiger partial charge in [0.05, 0.1) is 0 Å². The van der Waals surface area contributed by atoms with Crippen LogP contribution in [0.4, 0.5) is 10.7 Å². The first-order valence-corrected chi connectivity index (χ1v) is 5.89. The number of nitrogens with zero attached hydrogens (tertiary/aromatic N) is 2. The number of aromatic amines is 1. The molecule has 0 fully saturated rings. The van der Waals surface area contributed by atoms with Crippen LogP contribution in [0.2, 0.25) is 10.3 Å². The predicted octanol–water partition coefficient (Wildman–Crippen LogP) is 2.75. The van der Waals surface area contributed by atoms with Gasteiger partial charge in [0.25, 0.3) is 5.56 Å². The number of nitriles is 1. The topological polar surface area (TPSA) is 81.6 Å². The third kappa shape index (κ3) is 2.58. The summed E-state index contributed by atoms with van der Waals surface area (Å²) < 4.78 is 2.46. The number of hydrogen-bond acceptors (Lipinski definition) is 5. The molecule has 2 aromatic heterocycles. The lowest BCUT2D eigenvalue weighted by atomic mass is 10.3. The van der Waals surface area contributed by atoms with Gasteiger partial charge in [0.1, 0.15) is 21.4 Å². The minimum atomic E-state index is -0.425.